The number of nitrogen functional groups attached to an aromatic ring is 1. The van der Waals surface area contributed by atoms with Crippen LogP contribution in [0.1, 0.15) is 12.5 Å². The Bertz CT molecular complexity index is 336. The third-order valence-electron chi connectivity index (χ3n) is 2.30. The summed E-state index contributed by atoms with van der Waals surface area (Å²) >= 11 is 0. The highest BCUT2D eigenvalue weighted by atomic mass is 19.4. The standard InChI is InChI=1S/C11H15F3N2/c1-2-16(8-11(12,13)14)7-9-5-3-4-6-10(9)15/h3-6H,2,7-8,15H2,1H3. The van der Waals surface area contributed by atoms with Crippen LogP contribution >= 0.6 is 0 Å². The molecule has 1 rings (SSSR count). The predicted molar refractivity (Wildman–Crippen MR) is 57.9 cm³/mol. The van der Waals surface area contributed by atoms with Gasteiger partial charge in [0.2, 0.25) is 0 Å². The fraction of sp³-hybridized carbons (Fsp3) is 0.455. The van der Waals surface area contributed by atoms with E-state index in [1.165, 1.54) is 4.90 Å². The minimum absolute atomic E-state index is 0.225. The number of hydrogen-bond acceptors (Lipinski definition) is 2. The maximum absolute atomic E-state index is 12.2. The first kappa shape index (κ1) is 12.8. The van der Waals surface area contributed by atoms with Crippen LogP contribution in [0, 0.1) is 0 Å². The third-order valence-corrected chi connectivity index (χ3v) is 2.30. The maximum Gasteiger partial charge on any atom is 0.401 e. The quantitative estimate of drug-likeness (QED) is 0.809. The van der Waals surface area contributed by atoms with Gasteiger partial charge in [-0.25, -0.2) is 0 Å². The van der Waals surface area contributed by atoms with Crippen molar-refractivity contribution >= 4 is 5.69 Å². The highest BCUT2D eigenvalue weighted by Gasteiger charge is 2.30. The predicted octanol–water partition coefficient (Wildman–Crippen LogP) is 2.65. The highest BCUT2D eigenvalue weighted by molar-refractivity contribution is 5.46. The lowest BCUT2D eigenvalue weighted by Gasteiger charge is -2.22. The largest absolute Gasteiger partial charge is 0.401 e. The number of alkyl halides is 3. The summed E-state index contributed by atoms with van der Waals surface area (Å²) in [6, 6.07) is 6.97. The van der Waals surface area contributed by atoms with Gasteiger partial charge in [-0.05, 0) is 18.2 Å². The van der Waals surface area contributed by atoms with Crippen LogP contribution in [-0.2, 0) is 6.54 Å². The van der Waals surface area contributed by atoms with E-state index in [0.29, 0.717) is 12.2 Å². The average molecular weight is 232 g/mol. The summed E-state index contributed by atoms with van der Waals surface area (Å²) in [5.74, 6) is 0. The molecule has 0 spiro atoms. The van der Waals surface area contributed by atoms with E-state index in [9.17, 15) is 13.2 Å². The van der Waals surface area contributed by atoms with Gasteiger partial charge in [0.05, 0.1) is 6.54 Å². The Morgan fingerprint density at radius 1 is 1.25 bits per heavy atom. The van der Waals surface area contributed by atoms with Crippen molar-refractivity contribution in [1.29, 1.82) is 0 Å². The first-order valence-electron chi connectivity index (χ1n) is 5.05. The molecule has 0 saturated heterocycles. The van der Waals surface area contributed by atoms with Crippen molar-refractivity contribution in [3.63, 3.8) is 0 Å². The number of halogens is 3. The molecule has 0 radical (unpaired) electrons. The molecule has 2 nitrogen and oxygen atoms in total. The van der Waals surface area contributed by atoms with Gasteiger partial charge in [0.1, 0.15) is 0 Å². The van der Waals surface area contributed by atoms with Crippen LogP contribution in [0.3, 0.4) is 0 Å². The van der Waals surface area contributed by atoms with Crippen molar-refractivity contribution in [2.45, 2.75) is 19.6 Å². The Morgan fingerprint density at radius 2 is 1.88 bits per heavy atom. The highest BCUT2D eigenvalue weighted by Crippen LogP contribution is 2.19. The molecular formula is C11H15F3N2. The minimum Gasteiger partial charge on any atom is -0.398 e. The van der Waals surface area contributed by atoms with E-state index in [-0.39, 0.29) is 6.54 Å². The van der Waals surface area contributed by atoms with E-state index in [4.69, 9.17) is 5.73 Å². The summed E-state index contributed by atoms with van der Waals surface area (Å²) in [5.41, 5.74) is 6.94. The summed E-state index contributed by atoms with van der Waals surface area (Å²) in [6.45, 7) is 1.36. The molecule has 0 bridgehead atoms. The van der Waals surface area contributed by atoms with Crippen LogP contribution in [0.25, 0.3) is 0 Å². The molecule has 0 heterocycles. The summed E-state index contributed by atoms with van der Waals surface area (Å²) in [5, 5.41) is 0. The van der Waals surface area contributed by atoms with Crippen LogP contribution in [-0.4, -0.2) is 24.2 Å². The van der Waals surface area contributed by atoms with Crippen LogP contribution in [0.5, 0.6) is 0 Å². The van der Waals surface area contributed by atoms with Gasteiger partial charge < -0.3 is 5.73 Å². The van der Waals surface area contributed by atoms with E-state index in [2.05, 4.69) is 0 Å². The van der Waals surface area contributed by atoms with Gasteiger partial charge in [0.25, 0.3) is 0 Å². The number of nitrogens with two attached hydrogens (primary N) is 1. The second-order valence-electron chi connectivity index (χ2n) is 3.62. The Balaban J connectivity index is 2.67. The zero-order valence-corrected chi connectivity index (χ0v) is 9.09. The smallest absolute Gasteiger partial charge is 0.398 e. The van der Waals surface area contributed by atoms with E-state index >= 15 is 0 Å². The van der Waals surface area contributed by atoms with Crippen molar-refractivity contribution in [2.75, 3.05) is 18.8 Å². The van der Waals surface area contributed by atoms with Crippen LogP contribution in [0.2, 0.25) is 0 Å². The van der Waals surface area contributed by atoms with Crippen molar-refractivity contribution in [3.05, 3.63) is 29.8 Å². The SMILES string of the molecule is CCN(Cc1ccccc1N)CC(F)(F)F. The molecule has 0 atom stereocenters. The molecule has 1 aromatic rings. The van der Waals surface area contributed by atoms with Crippen molar-refractivity contribution < 1.29 is 13.2 Å². The number of nitrogens with zero attached hydrogens (tertiary/aromatic N) is 1. The van der Waals surface area contributed by atoms with Gasteiger partial charge in [-0.1, -0.05) is 25.1 Å². The molecule has 0 amide bonds. The molecule has 0 fully saturated rings. The molecule has 1 aromatic carbocycles. The molecule has 0 aliphatic rings. The van der Waals surface area contributed by atoms with Crippen molar-refractivity contribution in [2.24, 2.45) is 0 Å². The van der Waals surface area contributed by atoms with E-state index in [1.54, 1.807) is 31.2 Å². The molecule has 0 aliphatic carbocycles. The number of rotatable bonds is 4. The minimum atomic E-state index is -4.17. The van der Waals surface area contributed by atoms with Crippen LogP contribution in [0.4, 0.5) is 18.9 Å². The van der Waals surface area contributed by atoms with E-state index < -0.39 is 12.7 Å². The molecule has 0 aliphatic heterocycles. The first-order valence-corrected chi connectivity index (χ1v) is 5.05. The molecule has 16 heavy (non-hydrogen) atoms. The fourth-order valence-electron chi connectivity index (χ4n) is 1.45. The van der Waals surface area contributed by atoms with Crippen molar-refractivity contribution in [3.8, 4) is 0 Å². The lowest BCUT2D eigenvalue weighted by Crippen LogP contribution is -2.33. The van der Waals surface area contributed by atoms with Crippen molar-refractivity contribution in [1.82, 2.24) is 4.90 Å². The summed E-state index contributed by atoms with van der Waals surface area (Å²) in [6.07, 6.45) is -4.17. The van der Waals surface area contributed by atoms with Gasteiger partial charge in [-0.3, -0.25) is 4.90 Å². The normalized spacial score (nSPS) is 12.1. The Labute approximate surface area is 92.9 Å². The lowest BCUT2D eigenvalue weighted by molar-refractivity contribution is -0.146. The summed E-state index contributed by atoms with van der Waals surface area (Å²) < 4.78 is 36.7. The molecular weight excluding hydrogens is 217 g/mol. The monoisotopic (exact) mass is 232 g/mol. The Morgan fingerprint density at radius 3 is 2.38 bits per heavy atom. The molecule has 0 unspecified atom stereocenters. The fourth-order valence-corrected chi connectivity index (χ4v) is 1.45. The molecule has 5 heteroatoms. The first-order chi connectivity index (χ1) is 7.42. The topological polar surface area (TPSA) is 29.3 Å². The second-order valence-corrected chi connectivity index (χ2v) is 3.62. The average Bonchev–Trinajstić information content (AvgIpc) is 2.18. The van der Waals surface area contributed by atoms with E-state index in [0.717, 1.165) is 5.56 Å². The maximum atomic E-state index is 12.2. The zero-order valence-electron chi connectivity index (χ0n) is 9.09. The van der Waals surface area contributed by atoms with Gasteiger partial charge in [0.15, 0.2) is 0 Å². The Kier molecular flexibility index (Phi) is 4.18. The summed E-state index contributed by atoms with van der Waals surface area (Å²) in [7, 11) is 0. The van der Waals surface area contributed by atoms with Gasteiger partial charge in [-0.2, -0.15) is 13.2 Å². The van der Waals surface area contributed by atoms with E-state index in [1.807, 2.05) is 0 Å². The zero-order chi connectivity index (χ0) is 12.2. The summed E-state index contributed by atoms with van der Waals surface area (Å²) in [4.78, 5) is 1.31. The number of benzene rings is 1. The van der Waals surface area contributed by atoms with Gasteiger partial charge in [0, 0.05) is 12.2 Å². The molecule has 2 N–H and O–H groups in total. The number of para-hydroxylation sites is 1. The number of anilines is 1. The molecule has 0 saturated carbocycles. The van der Waals surface area contributed by atoms with Gasteiger partial charge in [-0.15, -0.1) is 0 Å². The molecule has 0 aromatic heterocycles. The van der Waals surface area contributed by atoms with Crippen LogP contribution in [0.15, 0.2) is 24.3 Å². The van der Waals surface area contributed by atoms with Gasteiger partial charge >= 0.3 is 6.18 Å². The molecule has 90 valence electrons. The third kappa shape index (κ3) is 4.10. The number of hydrogen-bond donors (Lipinski definition) is 1. The Hall–Kier alpha value is -1.23. The lowest BCUT2D eigenvalue weighted by atomic mass is 10.1. The second kappa shape index (κ2) is 5.21. The van der Waals surface area contributed by atoms with Crippen LogP contribution < -0.4 is 5.73 Å².